The molecule has 112 valence electrons. The smallest absolute Gasteiger partial charge is 0.401 e. The second kappa shape index (κ2) is 6.90. The fourth-order valence-corrected chi connectivity index (χ4v) is 2.00. The SMILES string of the molecule is CCN(Cc1ccc(OC)c(C(N)=S)c1)CC(F)(F)F. The standard InChI is InChI=1S/C13H17F3N2OS/c1-3-18(8-13(14,15)16)7-9-4-5-11(19-2)10(6-9)12(17)20/h4-6H,3,7-8H2,1-2H3,(H2,17,20). The van der Waals surface area contributed by atoms with Gasteiger partial charge in [0.05, 0.1) is 19.2 Å². The van der Waals surface area contributed by atoms with Crippen LogP contribution in [-0.2, 0) is 6.54 Å². The molecule has 1 aromatic carbocycles. The van der Waals surface area contributed by atoms with Crippen LogP contribution in [0.25, 0.3) is 0 Å². The van der Waals surface area contributed by atoms with E-state index in [1.807, 2.05) is 0 Å². The number of benzene rings is 1. The van der Waals surface area contributed by atoms with E-state index in [1.165, 1.54) is 12.0 Å². The van der Waals surface area contributed by atoms with E-state index in [0.29, 0.717) is 23.4 Å². The van der Waals surface area contributed by atoms with E-state index in [4.69, 9.17) is 22.7 Å². The zero-order valence-electron chi connectivity index (χ0n) is 11.3. The summed E-state index contributed by atoms with van der Waals surface area (Å²) in [5.74, 6) is 0.514. The summed E-state index contributed by atoms with van der Waals surface area (Å²) >= 11 is 4.91. The van der Waals surface area contributed by atoms with Crippen molar-refractivity contribution in [3.8, 4) is 5.75 Å². The molecule has 0 amide bonds. The Hall–Kier alpha value is -1.34. The maximum Gasteiger partial charge on any atom is 0.401 e. The molecule has 0 saturated heterocycles. The maximum absolute atomic E-state index is 12.4. The minimum atomic E-state index is -4.21. The Morgan fingerprint density at radius 2 is 2.05 bits per heavy atom. The highest BCUT2D eigenvalue weighted by Crippen LogP contribution is 2.22. The third-order valence-corrected chi connectivity index (χ3v) is 3.01. The quantitative estimate of drug-likeness (QED) is 0.820. The van der Waals surface area contributed by atoms with Crippen LogP contribution in [0, 0.1) is 0 Å². The Kier molecular flexibility index (Phi) is 5.76. The summed E-state index contributed by atoms with van der Waals surface area (Å²) in [5, 5.41) is 0. The third kappa shape index (κ3) is 4.97. The van der Waals surface area contributed by atoms with E-state index < -0.39 is 12.7 Å². The van der Waals surface area contributed by atoms with Crippen molar-refractivity contribution in [1.82, 2.24) is 4.90 Å². The summed E-state index contributed by atoms with van der Waals surface area (Å²) in [5.41, 5.74) is 6.82. The van der Waals surface area contributed by atoms with Crippen LogP contribution in [0.4, 0.5) is 13.2 Å². The number of nitrogens with zero attached hydrogens (tertiary/aromatic N) is 1. The van der Waals surface area contributed by atoms with Gasteiger partial charge in [0.2, 0.25) is 0 Å². The number of methoxy groups -OCH3 is 1. The van der Waals surface area contributed by atoms with Crippen molar-refractivity contribution in [2.24, 2.45) is 5.73 Å². The molecule has 1 rings (SSSR count). The normalized spacial score (nSPS) is 11.7. The van der Waals surface area contributed by atoms with Gasteiger partial charge in [0.25, 0.3) is 0 Å². The predicted molar refractivity (Wildman–Crippen MR) is 75.9 cm³/mol. The molecule has 0 spiro atoms. The van der Waals surface area contributed by atoms with Crippen LogP contribution in [0.1, 0.15) is 18.1 Å². The lowest BCUT2D eigenvalue weighted by Crippen LogP contribution is -2.33. The molecule has 0 fully saturated rings. The molecular weight excluding hydrogens is 289 g/mol. The average molecular weight is 306 g/mol. The fourth-order valence-electron chi connectivity index (χ4n) is 1.84. The molecule has 1 aromatic rings. The number of nitrogens with two attached hydrogens (primary N) is 1. The Balaban J connectivity index is 2.91. The summed E-state index contributed by atoms with van der Waals surface area (Å²) in [6.45, 7) is 1.21. The van der Waals surface area contributed by atoms with Crippen molar-refractivity contribution in [1.29, 1.82) is 0 Å². The van der Waals surface area contributed by atoms with Gasteiger partial charge in [0.1, 0.15) is 10.7 Å². The van der Waals surface area contributed by atoms with Gasteiger partial charge in [-0.15, -0.1) is 0 Å². The van der Waals surface area contributed by atoms with E-state index in [9.17, 15) is 13.2 Å². The number of hydrogen-bond acceptors (Lipinski definition) is 3. The van der Waals surface area contributed by atoms with E-state index >= 15 is 0 Å². The van der Waals surface area contributed by atoms with Crippen molar-refractivity contribution in [2.75, 3.05) is 20.2 Å². The summed E-state index contributed by atoms with van der Waals surface area (Å²) in [7, 11) is 1.48. The lowest BCUT2D eigenvalue weighted by molar-refractivity contribution is -0.146. The zero-order chi connectivity index (χ0) is 15.3. The van der Waals surface area contributed by atoms with E-state index in [1.54, 1.807) is 25.1 Å². The molecule has 0 radical (unpaired) electrons. The first-order valence-electron chi connectivity index (χ1n) is 6.02. The molecule has 0 heterocycles. The second-order valence-corrected chi connectivity index (χ2v) is 4.76. The number of rotatable bonds is 6. The predicted octanol–water partition coefficient (Wildman–Crippen LogP) is 2.71. The minimum absolute atomic E-state index is 0.155. The van der Waals surface area contributed by atoms with Crippen molar-refractivity contribution in [3.05, 3.63) is 29.3 Å². The molecule has 0 aliphatic heterocycles. The Morgan fingerprint density at radius 1 is 1.40 bits per heavy atom. The van der Waals surface area contributed by atoms with Gasteiger partial charge in [-0.05, 0) is 24.2 Å². The Labute approximate surface area is 121 Å². The first-order valence-corrected chi connectivity index (χ1v) is 6.43. The highest BCUT2D eigenvalue weighted by atomic mass is 32.1. The van der Waals surface area contributed by atoms with Crippen LogP contribution in [-0.4, -0.2) is 36.3 Å². The average Bonchev–Trinajstić information content (AvgIpc) is 2.36. The molecule has 2 N–H and O–H groups in total. The largest absolute Gasteiger partial charge is 0.496 e. The topological polar surface area (TPSA) is 38.5 Å². The molecule has 0 aliphatic carbocycles. The van der Waals surface area contributed by atoms with Crippen molar-refractivity contribution >= 4 is 17.2 Å². The highest BCUT2D eigenvalue weighted by molar-refractivity contribution is 7.80. The minimum Gasteiger partial charge on any atom is -0.496 e. The van der Waals surface area contributed by atoms with Gasteiger partial charge in [0, 0.05) is 6.54 Å². The zero-order valence-corrected chi connectivity index (χ0v) is 12.1. The molecule has 0 aromatic heterocycles. The first kappa shape index (κ1) is 16.7. The summed E-state index contributed by atoms with van der Waals surface area (Å²) < 4.78 is 42.4. The van der Waals surface area contributed by atoms with E-state index in [2.05, 4.69) is 0 Å². The van der Waals surface area contributed by atoms with Gasteiger partial charge < -0.3 is 10.5 Å². The van der Waals surface area contributed by atoms with Crippen LogP contribution in [0.15, 0.2) is 18.2 Å². The van der Waals surface area contributed by atoms with Crippen LogP contribution in [0.5, 0.6) is 5.75 Å². The van der Waals surface area contributed by atoms with Crippen LogP contribution in [0.2, 0.25) is 0 Å². The maximum atomic E-state index is 12.4. The number of thiocarbonyl (C=S) groups is 1. The van der Waals surface area contributed by atoms with Crippen LogP contribution >= 0.6 is 12.2 Å². The molecule has 0 bridgehead atoms. The lowest BCUT2D eigenvalue weighted by Gasteiger charge is -2.22. The van der Waals surface area contributed by atoms with Gasteiger partial charge >= 0.3 is 6.18 Å². The lowest BCUT2D eigenvalue weighted by atomic mass is 10.1. The molecule has 0 saturated carbocycles. The molecule has 20 heavy (non-hydrogen) atoms. The molecule has 0 unspecified atom stereocenters. The molecule has 0 aliphatic rings. The van der Waals surface area contributed by atoms with Crippen LogP contribution in [0.3, 0.4) is 0 Å². The van der Waals surface area contributed by atoms with E-state index in [-0.39, 0.29) is 11.5 Å². The van der Waals surface area contributed by atoms with Gasteiger partial charge in [-0.3, -0.25) is 4.90 Å². The van der Waals surface area contributed by atoms with Crippen molar-refractivity contribution < 1.29 is 17.9 Å². The van der Waals surface area contributed by atoms with Gasteiger partial charge in [-0.2, -0.15) is 13.2 Å². The van der Waals surface area contributed by atoms with E-state index in [0.717, 1.165) is 0 Å². The molecule has 0 atom stereocenters. The highest BCUT2D eigenvalue weighted by Gasteiger charge is 2.30. The Bertz CT molecular complexity index is 477. The molecular formula is C13H17F3N2OS. The summed E-state index contributed by atoms with van der Waals surface area (Å²) in [6.07, 6.45) is -4.21. The molecule has 7 heteroatoms. The Morgan fingerprint density at radius 3 is 2.50 bits per heavy atom. The number of halogens is 3. The fraction of sp³-hybridized carbons (Fsp3) is 0.462. The first-order chi connectivity index (χ1) is 9.26. The third-order valence-electron chi connectivity index (χ3n) is 2.79. The summed E-state index contributed by atoms with van der Waals surface area (Å²) in [6, 6.07) is 5.03. The van der Waals surface area contributed by atoms with Crippen LogP contribution < -0.4 is 10.5 Å². The number of alkyl halides is 3. The van der Waals surface area contributed by atoms with Gasteiger partial charge in [-0.1, -0.05) is 25.2 Å². The molecule has 3 nitrogen and oxygen atoms in total. The summed E-state index contributed by atoms with van der Waals surface area (Å²) in [4.78, 5) is 1.45. The van der Waals surface area contributed by atoms with Crippen molar-refractivity contribution in [3.63, 3.8) is 0 Å². The number of ether oxygens (including phenoxy) is 1. The second-order valence-electron chi connectivity index (χ2n) is 4.32. The van der Waals surface area contributed by atoms with Gasteiger partial charge in [-0.25, -0.2) is 0 Å². The van der Waals surface area contributed by atoms with Crippen molar-refractivity contribution in [2.45, 2.75) is 19.6 Å². The monoisotopic (exact) mass is 306 g/mol. The number of hydrogen-bond donors (Lipinski definition) is 1. The van der Waals surface area contributed by atoms with Gasteiger partial charge in [0.15, 0.2) is 0 Å².